The van der Waals surface area contributed by atoms with Crippen molar-refractivity contribution in [3.8, 4) is 0 Å². The zero-order chi connectivity index (χ0) is 55.3. The first-order valence-electron chi connectivity index (χ1n) is 25.3. The van der Waals surface area contributed by atoms with Crippen molar-refractivity contribution in [1.82, 2.24) is 15.2 Å². The molecule has 14 nitrogen and oxygen atoms in total. The van der Waals surface area contributed by atoms with E-state index in [4.69, 9.17) is 24.0 Å². The highest BCUT2D eigenvalue weighted by molar-refractivity contribution is 8.08. The Morgan fingerprint density at radius 1 is 0.688 bits per heavy atom. The second-order valence-electron chi connectivity index (χ2n) is 18.1. The van der Waals surface area contributed by atoms with Crippen LogP contribution in [0.15, 0.2) is 245 Å². The number of carbonyl (C=O) groups is 5. The van der Waals surface area contributed by atoms with Gasteiger partial charge in [0.2, 0.25) is 6.61 Å². The van der Waals surface area contributed by atoms with Gasteiger partial charge in [-0.15, -0.1) is 23.1 Å². The maximum Gasteiger partial charge on any atom is 0.356 e. The highest BCUT2D eigenvalue weighted by Gasteiger charge is 2.55. The van der Waals surface area contributed by atoms with Crippen molar-refractivity contribution in [2.45, 2.75) is 29.2 Å². The van der Waals surface area contributed by atoms with Crippen molar-refractivity contribution < 1.29 is 43.0 Å². The average Bonchev–Trinajstić information content (AvgIpc) is 3.99. The molecule has 0 unspecified atom stereocenters. The van der Waals surface area contributed by atoms with Crippen molar-refractivity contribution in [3.05, 3.63) is 284 Å². The number of fused-ring (bicyclic) bond motifs is 1. The van der Waals surface area contributed by atoms with Gasteiger partial charge in [0, 0.05) is 22.1 Å². The summed E-state index contributed by atoms with van der Waals surface area (Å²) in [7, 11) is 1.25. The molecule has 0 saturated carbocycles. The number of hydrogen-bond acceptors (Lipinski definition) is 15. The van der Waals surface area contributed by atoms with Crippen LogP contribution in [0.3, 0.4) is 0 Å². The SMILES string of the molecule is COC(=O)/C=C\SC1=C(C(=O)OC(c2ccccc2)c2ccccc2)N2C(=O)[C@@H](NC(=O)/C(=N\OCC(=O)OC(c3ccccc3)c3ccccc3)c3csc(NC(c4ccccc4)(c4ccccc4)c4ccccc4)n3)[C@@H]2SC1. The molecule has 2 N–H and O–H groups in total. The zero-order valence-electron chi connectivity index (χ0n) is 42.9. The fraction of sp³-hybridized carbons (Fsp3) is 0.127. The number of thioether (sulfide) groups is 2. The number of hydrogen-bond donors (Lipinski definition) is 2. The van der Waals surface area contributed by atoms with Crippen molar-refractivity contribution >= 4 is 75.4 Å². The van der Waals surface area contributed by atoms with Gasteiger partial charge in [-0.25, -0.2) is 19.4 Å². The van der Waals surface area contributed by atoms with Crippen LogP contribution in [-0.2, 0) is 48.6 Å². The summed E-state index contributed by atoms with van der Waals surface area (Å²) < 4.78 is 17.1. The lowest BCUT2D eigenvalue weighted by atomic mass is 9.77. The number of methoxy groups -OCH3 is 1. The minimum absolute atomic E-state index is 0.0328. The van der Waals surface area contributed by atoms with Gasteiger partial charge < -0.3 is 29.7 Å². The van der Waals surface area contributed by atoms with E-state index in [9.17, 15) is 24.0 Å². The van der Waals surface area contributed by atoms with Gasteiger partial charge in [0.1, 0.15) is 28.3 Å². The lowest BCUT2D eigenvalue weighted by Crippen LogP contribution is -2.71. The van der Waals surface area contributed by atoms with Crippen molar-refractivity contribution in [2.75, 3.05) is 24.8 Å². The van der Waals surface area contributed by atoms with Gasteiger partial charge in [0.05, 0.1) is 7.11 Å². The molecule has 80 heavy (non-hydrogen) atoms. The van der Waals surface area contributed by atoms with E-state index >= 15 is 0 Å². The van der Waals surface area contributed by atoms with Crippen LogP contribution in [-0.4, -0.2) is 76.2 Å². The second-order valence-corrected chi connectivity index (χ2v) is 21.1. The summed E-state index contributed by atoms with van der Waals surface area (Å²) >= 11 is 3.60. The molecule has 7 aromatic carbocycles. The molecule has 10 rings (SSSR count). The lowest BCUT2D eigenvalue weighted by Gasteiger charge is -2.49. The van der Waals surface area contributed by atoms with Gasteiger partial charge in [-0.05, 0) is 44.4 Å². The predicted molar refractivity (Wildman–Crippen MR) is 310 cm³/mol. The number of nitrogens with one attached hydrogen (secondary N) is 2. The van der Waals surface area contributed by atoms with Crippen LogP contribution >= 0.6 is 34.9 Å². The topological polar surface area (TPSA) is 175 Å². The van der Waals surface area contributed by atoms with Gasteiger partial charge in [-0.2, -0.15) is 0 Å². The number of benzene rings is 7. The number of amides is 2. The number of aromatic nitrogens is 1. The number of rotatable bonds is 21. The number of carbonyl (C=O) groups excluding carboxylic acids is 5. The quantitative estimate of drug-likeness (QED) is 0.0132. The van der Waals surface area contributed by atoms with Crippen molar-refractivity contribution in [3.63, 3.8) is 0 Å². The number of β-lactam (4-membered cyclic amide) rings is 1. The number of ether oxygens (including phenoxy) is 3. The largest absolute Gasteiger partial charge is 0.466 e. The molecule has 1 aromatic heterocycles. The highest BCUT2D eigenvalue weighted by atomic mass is 32.2. The predicted octanol–water partition coefficient (Wildman–Crippen LogP) is 11.0. The van der Waals surface area contributed by atoms with E-state index in [0.29, 0.717) is 21.2 Å². The molecule has 2 aliphatic heterocycles. The third-order valence-electron chi connectivity index (χ3n) is 13.1. The lowest BCUT2D eigenvalue weighted by molar-refractivity contribution is -0.154. The average molecular weight is 1120 g/mol. The molecule has 0 radical (unpaired) electrons. The number of nitrogens with zero attached hydrogens (tertiary/aromatic N) is 3. The summed E-state index contributed by atoms with van der Waals surface area (Å²) in [5.41, 5.74) is 4.35. The maximum atomic E-state index is 14.9. The third kappa shape index (κ3) is 12.1. The van der Waals surface area contributed by atoms with Gasteiger partial charge in [-0.1, -0.05) is 229 Å². The molecule has 3 heterocycles. The summed E-state index contributed by atoms with van der Waals surface area (Å²) in [5.74, 6) is -3.41. The molecule has 2 aliphatic rings. The summed E-state index contributed by atoms with van der Waals surface area (Å²) in [6.07, 6.45) is -0.398. The van der Waals surface area contributed by atoms with E-state index in [1.807, 2.05) is 212 Å². The van der Waals surface area contributed by atoms with Crippen LogP contribution in [0.25, 0.3) is 0 Å². The second kappa shape index (κ2) is 25.6. The van der Waals surface area contributed by atoms with E-state index in [1.165, 1.54) is 46.6 Å². The normalized spacial score (nSPS) is 15.2. The Hall–Kier alpha value is -9.03. The molecular formula is C63H51N5O9S3. The summed E-state index contributed by atoms with van der Waals surface area (Å²) in [6, 6.07) is 65.7. The molecule has 2 amide bonds. The van der Waals surface area contributed by atoms with Gasteiger partial charge in [-0.3, -0.25) is 14.5 Å². The molecule has 17 heteroatoms. The molecular weight excluding hydrogens is 1070 g/mol. The Balaban J connectivity index is 0.961. The molecule has 400 valence electrons. The van der Waals surface area contributed by atoms with E-state index in [-0.39, 0.29) is 22.9 Å². The van der Waals surface area contributed by atoms with E-state index < -0.39 is 65.5 Å². The first-order chi connectivity index (χ1) is 39.2. The monoisotopic (exact) mass is 1120 g/mol. The first-order valence-corrected chi connectivity index (χ1v) is 28.1. The standard InChI is InChI=1S/C63H51N5O9S3/c1-74-51(69)37-38-78-50-41-79-60-54(59(72)68(60)55(50)61(73)77-57(44-27-13-4-14-28-44)45-29-15-5-16-30-45)65-58(71)53(67-75-39-52(70)76-56(42-23-9-2-10-24-42)43-25-11-3-12-26-43)49-40-80-62(64-49)66-63(46-31-17-6-18-32-46,47-33-19-7-20-34-47)48-35-21-8-22-36-48/h2-38,40,54,56-57,60H,39,41H2,1H3,(H,64,66)(H,65,71)/b38-37-,67-53-/t54-,60+/m1/s1. The van der Waals surface area contributed by atoms with E-state index in [2.05, 4.69) is 15.8 Å². The van der Waals surface area contributed by atoms with Crippen LogP contribution in [0.4, 0.5) is 5.13 Å². The molecule has 0 bridgehead atoms. The maximum absolute atomic E-state index is 14.9. The minimum Gasteiger partial charge on any atom is -0.466 e. The number of esters is 3. The Labute approximate surface area is 474 Å². The zero-order valence-corrected chi connectivity index (χ0v) is 45.4. The summed E-state index contributed by atoms with van der Waals surface area (Å²) in [4.78, 5) is 82.4. The number of oxime groups is 1. The molecule has 2 atom stereocenters. The Morgan fingerprint density at radius 3 is 1.62 bits per heavy atom. The van der Waals surface area contributed by atoms with E-state index in [0.717, 1.165) is 39.6 Å². The third-order valence-corrected chi connectivity index (χ3v) is 16.2. The molecule has 0 aliphatic carbocycles. The van der Waals surface area contributed by atoms with Gasteiger partial charge >= 0.3 is 17.9 Å². The smallest absolute Gasteiger partial charge is 0.356 e. The van der Waals surface area contributed by atoms with Crippen molar-refractivity contribution in [2.24, 2.45) is 5.16 Å². The molecule has 0 spiro atoms. The van der Waals surface area contributed by atoms with Crippen LogP contribution in [0.1, 0.15) is 56.8 Å². The minimum atomic E-state index is -1.17. The Morgan fingerprint density at radius 2 is 1.15 bits per heavy atom. The van der Waals surface area contributed by atoms with Crippen LogP contribution < -0.4 is 10.6 Å². The first kappa shape index (κ1) is 54.3. The van der Waals surface area contributed by atoms with Crippen LogP contribution in [0.5, 0.6) is 0 Å². The fourth-order valence-electron chi connectivity index (χ4n) is 9.35. The molecule has 8 aromatic rings. The van der Waals surface area contributed by atoms with E-state index in [1.54, 1.807) is 5.38 Å². The Kier molecular flexibility index (Phi) is 17.4. The fourth-order valence-corrected chi connectivity index (χ4v) is 12.4. The van der Waals surface area contributed by atoms with Gasteiger partial charge in [0.25, 0.3) is 11.8 Å². The highest BCUT2D eigenvalue weighted by Crippen LogP contribution is 2.45. The van der Waals surface area contributed by atoms with Gasteiger partial charge in [0.15, 0.2) is 23.1 Å². The number of anilines is 1. The van der Waals surface area contributed by atoms with Crippen LogP contribution in [0, 0.1) is 0 Å². The Bertz CT molecular complexity index is 3360. The summed E-state index contributed by atoms with van der Waals surface area (Å²) in [5, 5.41) is 13.6. The van der Waals surface area contributed by atoms with Crippen LogP contribution in [0.2, 0.25) is 0 Å². The van der Waals surface area contributed by atoms with Crippen molar-refractivity contribution in [1.29, 1.82) is 0 Å². The number of thiazole rings is 1. The molecule has 1 saturated heterocycles. The molecule has 1 fully saturated rings. The summed E-state index contributed by atoms with van der Waals surface area (Å²) in [6.45, 7) is -0.690.